The van der Waals surface area contributed by atoms with Crippen LogP contribution in [0.2, 0.25) is 0 Å². The van der Waals surface area contributed by atoms with Gasteiger partial charge in [-0.15, -0.1) is 0 Å². The Hall–Kier alpha value is -1.58. The number of fused-ring (bicyclic) bond motifs is 1. The summed E-state index contributed by atoms with van der Waals surface area (Å²) in [6.45, 7) is 0. The van der Waals surface area contributed by atoms with Crippen LogP contribution >= 0.6 is 0 Å². The second kappa shape index (κ2) is 1.98. The van der Waals surface area contributed by atoms with Crippen LogP contribution in [0.3, 0.4) is 0 Å². The molecule has 2 heterocycles. The maximum atomic E-state index is 3.98. The average Bonchev–Trinajstić information content (AvgIpc) is 2.05. The Bertz CT molecular complexity index is 241. The van der Waals surface area contributed by atoms with Crippen molar-refractivity contribution in [1.29, 1.82) is 0 Å². The topological polar surface area (TPSA) is 49.8 Å². The van der Waals surface area contributed by atoms with Gasteiger partial charge in [-0.2, -0.15) is 0 Å². The highest BCUT2D eigenvalue weighted by molar-refractivity contribution is 5.67. The van der Waals surface area contributed by atoms with E-state index in [-0.39, 0.29) is 0 Å². The van der Waals surface area contributed by atoms with Crippen LogP contribution in [-0.4, -0.2) is 9.97 Å². The fraction of sp³-hybridized carbons (Fsp3) is 0. The fourth-order valence-electron chi connectivity index (χ4n) is 0.802. The molecule has 10 heavy (non-hydrogen) atoms. The zero-order chi connectivity index (χ0) is 6.81. The lowest BCUT2D eigenvalue weighted by Gasteiger charge is -2.10. The van der Waals surface area contributed by atoms with Crippen molar-refractivity contribution in [3.05, 3.63) is 24.9 Å². The quantitative estimate of drug-likeness (QED) is 0.550. The number of anilines is 2. The van der Waals surface area contributed by atoms with Gasteiger partial charge in [-0.3, -0.25) is 0 Å². The number of nitrogens with one attached hydrogen (secondary N) is 2. The van der Waals surface area contributed by atoms with Gasteiger partial charge in [-0.25, -0.2) is 9.97 Å². The van der Waals surface area contributed by atoms with Gasteiger partial charge in [0.1, 0.15) is 12.0 Å². The van der Waals surface area contributed by atoms with Crippen molar-refractivity contribution in [1.82, 2.24) is 9.97 Å². The standard InChI is InChI=1S/C6H6N4/c1-2-9-6-5(8-1)3-7-4-10-6/h1-4,8H,(H,7,9,10). The third kappa shape index (κ3) is 0.699. The maximum absolute atomic E-state index is 3.98. The van der Waals surface area contributed by atoms with Crippen molar-refractivity contribution in [2.24, 2.45) is 0 Å². The summed E-state index contributed by atoms with van der Waals surface area (Å²) >= 11 is 0. The highest BCUT2D eigenvalue weighted by Gasteiger charge is 2.01. The highest BCUT2D eigenvalue weighted by atomic mass is 15.1. The minimum Gasteiger partial charge on any atom is -0.356 e. The van der Waals surface area contributed by atoms with Crippen molar-refractivity contribution in [2.75, 3.05) is 10.6 Å². The molecule has 0 amide bonds. The van der Waals surface area contributed by atoms with Gasteiger partial charge in [-0.1, -0.05) is 0 Å². The Labute approximate surface area is 58.0 Å². The van der Waals surface area contributed by atoms with Gasteiger partial charge in [0.05, 0.1) is 6.20 Å². The summed E-state index contributed by atoms with van der Waals surface area (Å²) in [6, 6.07) is 0. The van der Waals surface area contributed by atoms with Crippen molar-refractivity contribution in [2.45, 2.75) is 0 Å². The van der Waals surface area contributed by atoms with Crippen LogP contribution in [0.1, 0.15) is 0 Å². The minimum atomic E-state index is 0.817. The molecule has 0 spiro atoms. The van der Waals surface area contributed by atoms with E-state index in [9.17, 15) is 0 Å². The van der Waals surface area contributed by atoms with Gasteiger partial charge >= 0.3 is 0 Å². The third-order valence-electron chi connectivity index (χ3n) is 1.25. The first-order valence-corrected chi connectivity index (χ1v) is 2.95. The number of rotatable bonds is 0. The molecule has 0 bridgehead atoms. The molecule has 2 rings (SSSR count). The maximum Gasteiger partial charge on any atom is 0.157 e. The van der Waals surface area contributed by atoms with E-state index >= 15 is 0 Å². The number of nitrogens with zero attached hydrogens (tertiary/aromatic N) is 2. The Morgan fingerprint density at radius 2 is 2.10 bits per heavy atom. The zero-order valence-electron chi connectivity index (χ0n) is 5.20. The molecule has 50 valence electrons. The van der Waals surface area contributed by atoms with E-state index in [2.05, 4.69) is 20.6 Å². The molecule has 0 aliphatic carbocycles. The highest BCUT2D eigenvalue weighted by Crippen LogP contribution is 2.18. The Morgan fingerprint density at radius 3 is 3.00 bits per heavy atom. The lowest BCUT2D eigenvalue weighted by Crippen LogP contribution is -2.04. The molecule has 0 radical (unpaired) electrons. The van der Waals surface area contributed by atoms with Gasteiger partial charge in [0.2, 0.25) is 0 Å². The summed E-state index contributed by atoms with van der Waals surface area (Å²) in [5.74, 6) is 0.817. The molecule has 0 unspecified atom stereocenters. The van der Waals surface area contributed by atoms with Crippen LogP contribution in [0, 0.1) is 0 Å². The van der Waals surface area contributed by atoms with E-state index in [1.54, 1.807) is 18.6 Å². The van der Waals surface area contributed by atoms with E-state index in [1.807, 2.05) is 0 Å². The van der Waals surface area contributed by atoms with E-state index in [0.29, 0.717) is 0 Å². The molecular weight excluding hydrogens is 128 g/mol. The Morgan fingerprint density at radius 1 is 1.20 bits per heavy atom. The fourth-order valence-corrected chi connectivity index (χ4v) is 0.802. The molecule has 4 heteroatoms. The minimum absolute atomic E-state index is 0.817. The summed E-state index contributed by atoms with van der Waals surface area (Å²) in [5, 5.41) is 5.96. The second-order valence-electron chi connectivity index (χ2n) is 1.91. The summed E-state index contributed by atoms with van der Waals surface area (Å²) < 4.78 is 0. The van der Waals surface area contributed by atoms with Crippen molar-refractivity contribution in [3.63, 3.8) is 0 Å². The molecule has 2 N–H and O–H groups in total. The SMILES string of the molecule is C1=CNc2ncncc2N1. The number of hydrogen-bond donors (Lipinski definition) is 2. The number of hydrogen-bond acceptors (Lipinski definition) is 4. The van der Waals surface area contributed by atoms with Crippen molar-refractivity contribution < 1.29 is 0 Å². The number of aromatic nitrogens is 2. The molecule has 1 aliphatic heterocycles. The van der Waals surface area contributed by atoms with Gasteiger partial charge in [-0.05, 0) is 0 Å². The van der Waals surface area contributed by atoms with Crippen LogP contribution in [-0.2, 0) is 0 Å². The lowest BCUT2D eigenvalue weighted by molar-refractivity contribution is 1.16. The molecule has 1 aromatic rings. The lowest BCUT2D eigenvalue weighted by atomic mass is 10.4. The normalized spacial score (nSPS) is 13.2. The Kier molecular flexibility index (Phi) is 1.04. The van der Waals surface area contributed by atoms with E-state index in [0.717, 1.165) is 11.5 Å². The van der Waals surface area contributed by atoms with Gasteiger partial charge in [0.25, 0.3) is 0 Å². The van der Waals surface area contributed by atoms with Gasteiger partial charge in [0.15, 0.2) is 5.82 Å². The zero-order valence-corrected chi connectivity index (χ0v) is 5.20. The summed E-state index contributed by atoms with van der Waals surface area (Å²) in [4.78, 5) is 7.83. The Balaban J connectivity index is 2.47. The van der Waals surface area contributed by atoms with Crippen molar-refractivity contribution in [3.8, 4) is 0 Å². The summed E-state index contributed by atoms with van der Waals surface area (Å²) in [7, 11) is 0. The molecule has 0 aromatic carbocycles. The first kappa shape index (κ1) is 5.22. The van der Waals surface area contributed by atoms with Crippen LogP contribution in [0.25, 0.3) is 0 Å². The largest absolute Gasteiger partial charge is 0.356 e. The first-order valence-electron chi connectivity index (χ1n) is 2.95. The predicted octanol–water partition coefficient (Wildman–Crippen LogP) is 0.785. The summed E-state index contributed by atoms with van der Waals surface area (Å²) in [6.07, 6.45) is 6.81. The molecule has 1 aromatic heterocycles. The molecule has 0 saturated carbocycles. The molecule has 4 nitrogen and oxygen atoms in total. The molecular formula is C6H6N4. The molecule has 0 fully saturated rings. The average molecular weight is 134 g/mol. The van der Waals surface area contributed by atoms with Crippen LogP contribution in [0.5, 0.6) is 0 Å². The van der Waals surface area contributed by atoms with Crippen LogP contribution < -0.4 is 10.6 Å². The molecule has 0 atom stereocenters. The second-order valence-corrected chi connectivity index (χ2v) is 1.91. The van der Waals surface area contributed by atoms with Crippen LogP contribution in [0.4, 0.5) is 11.5 Å². The van der Waals surface area contributed by atoms with Crippen LogP contribution in [0.15, 0.2) is 24.9 Å². The van der Waals surface area contributed by atoms with Crippen molar-refractivity contribution >= 4 is 11.5 Å². The van der Waals surface area contributed by atoms with E-state index < -0.39 is 0 Å². The monoisotopic (exact) mass is 134 g/mol. The van der Waals surface area contributed by atoms with Gasteiger partial charge < -0.3 is 10.6 Å². The smallest absolute Gasteiger partial charge is 0.157 e. The molecule has 0 saturated heterocycles. The van der Waals surface area contributed by atoms with E-state index in [4.69, 9.17) is 0 Å². The molecule has 1 aliphatic rings. The third-order valence-corrected chi connectivity index (χ3v) is 1.25. The van der Waals surface area contributed by atoms with Gasteiger partial charge in [0, 0.05) is 12.4 Å². The predicted molar refractivity (Wildman–Crippen MR) is 38.4 cm³/mol. The first-order chi connectivity index (χ1) is 4.97. The summed E-state index contributed by atoms with van der Waals surface area (Å²) in [5.41, 5.74) is 0.907. The van der Waals surface area contributed by atoms with E-state index in [1.165, 1.54) is 6.33 Å².